The van der Waals surface area contributed by atoms with E-state index in [1.165, 1.54) is 24.1 Å². The molecule has 0 saturated carbocycles. The van der Waals surface area contributed by atoms with Crippen LogP contribution in [0.2, 0.25) is 0 Å². The Bertz CT molecular complexity index is 674. The van der Waals surface area contributed by atoms with Gasteiger partial charge in [0.2, 0.25) is 5.91 Å². The Morgan fingerprint density at radius 3 is 2.28 bits per heavy atom. The van der Waals surface area contributed by atoms with Gasteiger partial charge in [-0.1, -0.05) is 24.3 Å². The maximum Gasteiger partial charge on any atom is 0.224 e. The fourth-order valence-electron chi connectivity index (χ4n) is 3.19. The van der Waals surface area contributed by atoms with Crippen LogP contribution in [0, 0.1) is 0 Å². The second kappa shape index (κ2) is 8.56. The number of rotatable bonds is 7. The van der Waals surface area contributed by atoms with E-state index in [4.69, 9.17) is 4.74 Å². The Kier molecular flexibility index (Phi) is 5.94. The molecular formula is C21H26N2O2. The molecule has 1 heterocycles. The number of benzene rings is 2. The monoisotopic (exact) mass is 338 g/mol. The molecule has 1 N–H and O–H groups in total. The second-order valence-corrected chi connectivity index (χ2v) is 6.49. The van der Waals surface area contributed by atoms with Crippen molar-refractivity contribution >= 4 is 11.6 Å². The van der Waals surface area contributed by atoms with Crippen molar-refractivity contribution in [1.29, 1.82) is 0 Å². The number of anilines is 1. The van der Waals surface area contributed by atoms with E-state index in [1.807, 2.05) is 24.3 Å². The van der Waals surface area contributed by atoms with Crippen LogP contribution < -0.4 is 15.0 Å². The molecule has 0 radical (unpaired) electrons. The van der Waals surface area contributed by atoms with E-state index in [2.05, 4.69) is 34.5 Å². The molecule has 1 aliphatic heterocycles. The van der Waals surface area contributed by atoms with E-state index in [0.717, 1.165) is 30.8 Å². The van der Waals surface area contributed by atoms with Gasteiger partial charge in [-0.3, -0.25) is 4.79 Å². The second-order valence-electron chi connectivity index (χ2n) is 6.49. The van der Waals surface area contributed by atoms with Crippen LogP contribution in [-0.4, -0.2) is 32.7 Å². The zero-order valence-electron chi connectivity index (χ0n) is 14.8. The van der Waals surface area contributed by atoms with Crippen LogP contribution in [-0.2, 0) is 17.6 Å². The van der Waals surface area contributed by atoms with Gasteiger partial charge in [-0.05, 0) is 54.7 Å². The van der Waals surface area contributed by atoms with Crippen molar-refractivity contribution in [3.63, 3.8) is 0 Å². The third-order valence-electron chi connectivity index (χ3n) is 4.67. The van der Waals surface area contributed by atoms with E-state index in [-0.39, 0.29) is 5.91 Å². The Morgan fingerprint density at radius 2 is 1.64 bits per heavy atom. The van der Waals surface area contributed by atoms with Crippen molar-refractivity contribution in [3.8, 4) is 5.75 Å². The predicted octanol–water partition coefficient (Wildman–Crippen LogP) is 3.20. The minimum atomic E-state index is 0.0717. The standard InChI is InChI=1S/C21H26N2O2/c1-25-20-10-6-17(7-11-20)12-13-22-21(24)16-18-4-8-19(9-5-18)23-14-2-3-15-23/h4-11H,2-3,12-16H2,1H3,(H,22,24). The molecule has 1 fully saturated rings. The number of ether oxygens (including phenoxy) is 1. The third kappa shape index (κ3) is 4.99. The number of carbonyl (C=O) groups excluding carboxylic acids is 1. The molecule has 132 valence electrons. The average molecular weight is 338 g/mol. The molecule has 1 saturated heterocycles. The normalized spacial score (nSPS) is 13.7. The van der Waals surface area contributed by atoms with Crippen LogP contribution in [0.15, 0.2) is 48.5 Å². The molecule has 3 rings (SSSR count). The van der Waals surface area contributed by atoms with Gasteiger partial charge in [-0.2, -0.15) is 0 Å². The molecule has 25 heavy (non-hydrogen) atoms. The molecule has 2 aromatic carbocycles. The number of nitrogens with zero attached hydrogens (tertiary/aromatic N) is 1. The number of carbonyl (C=O) groups is 1. The molecule has 0 aromatic heterocycles. The summed E-state index contributed by atoms with van der Waals surface area (Å²) >= 11 is 0. The highest BCUT2D eigenvalue weighted by molar-refractivity contribution is 5.78. The van der Waals surface area contributed by atoms with Crippen molar-refractivity contribution in [2.24, 2.45) is 0 Å². The lowest BCUT2D eigenvalue weighted by molar-refractivity contribution is -0.120. The zero-order chi connectivity index (χ0) is 17.5. The van der Waals surface area contributed by atoms with Crippen LogP contribution in [0.25, 0.3) is 0 Å². The molecule has 0 bridgehead atoms. The minimum Gasteiger partial charge on any atom is -0.497 e. The number of hydrogen-bond donors (Lipinski definition) is 1. The van der Waals surface area contributed by atoms with E-state index in [9.17, 15) is 4.79 Å². The molecular weight excluding hydrogens is 312 g/mol. The quantitative estimate of drug-likeness (QED) is 0.843. The molecule has 0 atom stereocenters. The molecule has 1 aliphatic rings. The summed E-state index contributed by atoms with van der Waals surface area (Å²) in [7, 11) is 1.66. The highest BCUT2D eigenvalue weighted by Crippen LogP contribution is 2.20. The van der Waals surface area contributed by atoms with E-state index in [1.54, 1.807) is 7.11 Å². The van der Waals surface area contributed by atoms with E-state index < -0.39 is 0 Å². The summed E-state index contributed by atoms with van der Waals surface area (Å²) in [5, 5.41) is 3.00. The van der Waals surface area contributed by atoms with Gasteiger partial charge in [-0.15, -0.1) is 0 Å². The van der Waals surface area contributed by atoms with Crippen LogP contribution in [0.4, 0.5) is 5.69 Å². The summed E-state index contributed by atoms with van der Waals surface area (Å²) < 4.78 is 5.15. The van der Waals surface area contributed by atoms with E-state index >= 15 is 0 Å². The summed E-state index contributed by atoms with van der Waals surface area (Å²) in [6.07, 6.45) is 3.81. The van der Waals surface area contributed by atoms with Crippen LogP contribution in [0.1, 0.15) is 24.0 Å². The maximum absolute atomic E-state index is 12.1. The van der Waals surface area contributed by atoms with Gasteiger partial charge < -0.3 is 15.0 Å². The lowest BCUT2D eigenvalue weighted by Crippen LogP contribution is -2.27. The molecule has 4 heteroatoms. The van der Waals surface area contributed by atoms with E-state index in [0.29, 0.717) is 13.0 Å². The number of nitrogens with one attached hydrogen (secondary N) is 1. The van der Waals surface area contributed by atoms with Crippen molar-refractivity contribution in [2.45, 2.75) is 25.7 Å². The van der Waals surface area contributed by atoms with Crippen LogP contribution >= 0.6 is 0 Å². The summed E-state index contributed by atoms with van der Waals surface area (Å²) in [6, 6.07) is 16.3. The first-order valence-corrected chi connectivity index (χ1v) is 8.98. The number of hydrogen-bond acceptors (Lipinski definition) is 3. The van der Waals surface area contributed by atoms with Gasteiger partial charge in [0.15, 0.2) is 0 Å². The first-order chi connectivity index (χ1) is 12.2. The number of amides is 1. The molecule has 0 unspecified atom stereocenters. The van der Waals surface area contributed by atoms with Crippen molar-refractivity contribution in [1.82, 2.24) is 5.32 Å². The zero-order valence-corrected chi connectivity index (χ0v) is 14.8. The minimum absolute atomic E-state index is 0.0717. The fourth-order valence-corrected chi connectivity index (χ4v) is 3.19. The largest absolute Gasteiger partial charge is 0.497 e. The first-order valence-electron chi connectivity index (χ1n) is 8.98. The Balaban J connectivity index is 1.42. The Labute approximate surface area is 149 Å². The molecule has 0 spiro atoms. The lowest BCUT2D eigenvalue weighted by Gasteiger charge is -2.17. The summed E-state index contributed by atoms with van der Waals surface area (Å²) in [4.78, 5) is 14.5. The van der Waals surface area contributed by atoms with Gasteiger partial charge in [0.25, 0.3) is 0 Å². The van der Waals surface area contributed by atoms with Crippen molar-refractivity contribution in [2.75, 3.05) is 31.6 Å². The summed E-state index contributed by atoms with van der Waals surface area (Å²) in [5.74, 6) is 0.924. The molecule has 0 aliphatic carbocycles. The molecule has 4 nitrogen and oxygen atoms in total. The average Bonchev–Trinajstić information content (AvgIpc) is 3.18. The van der Waals surface area contributed by atoms with Crippen LogP contribution in [0.5, 0.6) is 5.75 Å². The number of methoxy groups -OCH3 is 1. The Hall–Kier alpha value is -2.49. The van der Waals surface area contributed by atoms with Crippen molar-refractivity contribution < 1.29 is 9.53 Å². The predicted molar refractivity (Wildman–Crippen MR) is 101 cm³/mol. The molecule has 1 amide bonds. The highest BCUT2D eigenvalue weighted by atomic mass is 16.5. The van der Waals surface area contributed by atoms with Gasteiger partial charge >= 0.3 is 0 Å². The van der Waals surface area contributed by atoms with Gasteiger partial charge in [-0.25, -0.2) is 0 Å². The maximum atomic E-state index is 12.1. The highest BCUT2D eigenvalue weighted by Gasteiger charge is 2.12. The van der Waals surface area contributed by atoms with Gasteiger partial charge in [0, 0.05) is 25.3 Å². The molecule has 2 aromatic rings. The van der Waals surface area contributed by atoms with Crippen molar-refractivity contribution in [3.05, 3.63) is 59.7 Å². The summed E-state index contributed by atoms with van der Waals surface area (Å²) in [5.41, 5.74) is 3.52. The van der Waals surface area contributed by atoms with Gasteiger partial charge in [0.1, 0.15) is 5.75 Å². The lowest BCUT2D eigenvalue weighted by atomic mass is 10.1. The first kappa shape index (κ1) is 17.3. The van der Waals surface area contributed by atoms with Gasteiger partial charge in [0.05, 0.1) is 13.5 Å². The smallest absolute Gasteiger partial charge is 0.224 e. The topological polar surface area (TPSA) is 41.6 Å². The summed E-state index contributed by atoms with van der Waals surface area (Å²) in [6.45, 7) is 2.94. The fraction of sp³-hybridized carbons (Fsp3) is 0.381. The Morgan fingerprint density at radius 1 is 1.00 bits per heavy atom. The SMILES string of the molecule is COc1ccc(CCNC(=O)Cc2ccc(N3CCCC3)cc2)cc1. The van der Waals surface area contributed by atoms with Crippen LogP contribution in [0.3, 0.4) is 0 Å². The third-order valence-corrected chi connectivity index (χ3v) is 4.67.